The number of aromatic nitrogens is 2. The van der Waals surface area contributed by atoms with Crippen LogP contribution in [0.2, 0.25) is 0 Å². The number of nitrogens with two attached hydrogens (primary N) is 1. The second kappa shape index (κ2) is 3.52. The highest BCUT2D eigenvalue weighted by Gasteiger charge is 2.65. The summed E-state index contributed by atoms with van der Waals surface area (Å²) >= 11 is 0. The van der Waals surface area contributed by atoms with Crippen molar-refractivity contribution in [2.75, 3.05) is 5.73 Å². The monoisotopic (exact) mass is 262 g/mol. The van der Waals surface area contributed by atoms with Crippen LogP contribution in [0.25, 0.3) is 0 Å². The van der Waals surface area contributed by atoms with Crippen LogP contribution in [-0.2, 0) is 0 Å². The lowest BCUT2D eigenvalue weighted by molar-refractivity contribution is 0.0939. The summed E-state index contributed by atoms with van der Waals surface area (Å²) in [5.74, 6) is 0.312. The van der Waals surface area contributed by atoms with E-state index in [9.17, 15) is 4.79 Å². The summed E-state index contributed by atoms with van der Waals surface area (Å²) in [5, 5.41) is 10.1. The molecule has 3 rings (SSSR count). The Morgan fingerprint density at radius 2 is 1.89 bits per heavy atom. The minimum absolute atomic E-state index is 0.118. The minimum Gasteiger partial charge on any atom is -0.395 e. The molecule has 0 saturated heterocycles. The summed E-state index contributed by atoms with van der Waals surface area (Å²) in [6.45, 7) is 8.67. The summed E-state index contributed by atoms with van der Waals surface area (Å²) in [6.07, 6.45) is 2.27. The molecule has 1 heterocycles. The highest BCUT2D eigenvalue weighted by Crippen LogP contribution is 2.62. The molecule has 0 radical (unpaired) electrons. The first-order chi connectivity index (χ1) is 8.76. The van der Waals surface area contributed by atoms with E-state index in [1.165, 1.54) is 0 Å². The number of hydrogen-bond donors (Lipinski definition) is 3. The van der Waals surface area contributed by atoms with E-state index in [-0.39, 0.29) is 22.8 Å². The molecule has 0 bridgehead atoms. The standard InChI is InChI=1S/C14H22N4O/c1-13(2)12(14(13,3)4)16-11(19)10-8(15)9(17-18-10)7-5-6-7/h7,12H,5-6,15H2,1-4H3,(H,16,19)(H,17,18). The average molecular weight is 262 g/mol. The zero-order chi connectivity index (χ0) is 14.0. The zero-order valence-electron chi connectivity index (χ0n) is 12.0. The number of nitrogen functional groups attached to an aromatic ring is 1. The number of anilines is 1. The molecule has 5 nitrogen and oxygen atoms in total. The topological polar surface area (TPSA) is 83.8 Å². The molecule has 0 aromatic carbocycles. The van der Waals surface area contributed by atoms with Crippen LogP contribution in [0, 0.1) is 10.8 Å². The fourth-order valence-electron chi connectivity index (χ4n) is 2.98. The Morgan fingerprint density at radius 1 is 1.32 bits per heavy atom. The van der Waals surface area contributed by atoms with E-state index in [1.807, 2.05) is 0 Å². The van der Waals surface area contributed by atoms with Crippen LogP contribution < -0.4 is 11.1 Å². The van der Waals surface area contributed by atoms with E-state index < -0.39 is 0 Å². The Morgan fingerprint density at radius 3 is 2.37 bits per heavy atom. The Bertz CT molecular complexity index is 526. The second-order valence-electron chi connectivity index (χ2n) is 7.02. The molecular formula is C14H22N4O. The minimum atomic E-state index is -0.163. The molecule has 2 fully saturated rings. The highest BCUT2D eigenvalue weighted by molar-refractivity contribution is 5.98. The van der Waals surface area contributed by atoms with Crippen LogP contribution >= 0.6 is 0 Å². The lowest BCUT2D eigenvalue weighted by Gasteiger charge is -2.05. The molecule has 0 atom stereocenters. The maximum Gasteiger partial charge on any atom is 0.274 e. The fraction of sp³-hybridized carbons (Fsp3) is 0.714. The van der Waals surface area contributed by atoms with Gasteiger partial charge in [0.1, 0.15) is 0 Å². The van der Waals surface area contributed by atoms with Gasteiger partial charge >= 0.3 is 0 Å². The highest BCUT2D eigenvalue weighted by atomic mass is 16.2. The smallest absolute Gasteiger partial charge is 0.274 e. The predicted molar refractivity (Wildman–Crippen MR) is 73.8 cm³/mol. The first kappa shape index (κ1) is 12.5. The Kier molecular flexibility index (Phi) is 2.32. The summed E-state index contributed by atoms with van der Waals surface area (Å²) in [5.41, 5.74) is 8.06. The van der Waals surface area contributed by atoms with Gasteiger partial charge in [0, 0.05) is 12.0 Å². The molecule has 0 spiro atoms. The normalized spacial score (nSPS) is 24.2. The second-order valence-corrected chi connectivity index (χ2v) is 7.02. The molecule has 2 aliphatic rings. The first-order valence-corrected chi connectivity index (χ1v) is 6.91. The van der Waals surface area contributed by atoms with Gasteiger partial charge in [-0.2, -0.15) is 5.10 Å². The van der Waals surface area contributed by atoms with Gasteiger partial charge in [-0.05, 0) is 23.7 Å². The van der Waals surface area contributed by atoms with Crippen molar-refractivity contribution in [2.24, 2.45) is 10.8 Å². The third-order valence-corrected chi connectivity index (χ3v) is 5.33. The van der Waals surface area contributed by atoms with Gasteiger partial charge in [-0.1, -0.05) is 27.7 Å². The van der Waals surface area contributed by atoms with E-state index in [4.69, 9.17) is 5.73 Å². The number of H-pyrrole nitrogens is 1. The zero-order valence-corrected chi connectivity index (χ0v) is 12.0. The van der Waals surface area contributed by atoms with Crippen LogP contribution in [0.1, 0.15) is 62.6 Å². The Labute approximate surface area is 113 Å². The average Bonchev–Trinajstić information content (AvgIpc) is 3.16. The quantitative estimate of drug-likeness (QED) is 0.779. The van der Waals surface area contributed by atoms with E-state index in [1.54, 1.807) is 0 Å². The Balaban J connectivity index is 1.75. The molecule has 0 aliphatic heterocycles. The third-order valence-electron chi connectivity index (χ3n) is 5.33. The predicted octanol–water partition coefficient (Wildman–Crippen LogP) is 2.03. The van der Waals surface area contributed by atoms with Crippen LogP contribution in [0.15, 0.2) is 0 Å². The lowest BCUT2D eigenvalue weighted by atomic mass is 10.0. The third kappa shape index (κ3) is 1.67. The van der Waals surface area contributed by atoms with E-state index in [0.717, 1.165) is 18.5 Å². The molecule has 5 heteroatoms. The lowest BCUT2D eigenvalue weighted by Crippen LogP contribution is -2.30. The molecule has 0 unspecified atom stereocenters. The summed E-state index contributed by atoms with van der Waals surface area (Å²) < 4.78 is 0. The number of amides is 1. The number of carbonyl (C=O) groups is 1. The summed E-state index contributed by atoms with van der Waals surface area (Å²) in [6, 6.07) is 0.174. The number of nitrogens with zero attached hydrogens (tertiary/aromatic N) is 1. The number of nitrogens with one attached hydrogen (secondary N) is 2. The number of hydrogen-bond acceptors (Lipinski definition) is 3. The Hall–Kier alpha value is -1.52. The fourth-order valence-corrected chi connectivity index (χ4v) is 2.98. The maximum absolute atomic E-state index is 12.3. The van der Waals surface area contributed by atoms with Gasteiger partial charge in [0.2, 0.25) is 0 Å². The van der Waals surface area contributed by atoms with Gasteiger partial charge in [-0.15, -0.1) is 0 Å². The number of carbonyl (C=O) groups excluding carboxylic acids is 1. The molecule has 1 aromatic heterocycles. The van der Waals surface area contributed by atoms with Crippen molar-refractivity contribution < 1.29 is 4.79 Å². The summed E-state index contributed by atoms with van der Waals surface area (Å²) in [7, 11) is 0. The molecule has 2 saturated carbocycles. The van der Waals surface area contributed by atoms with Gasteiger partial charge < -0.3 is 11.1 Å². The van der Waals surface area contributed by atoms with Crippen molar-refractivity contribution in [2.45, 2.75) is 52.5 Å². The molecule has 4 N–H and O–H groups in total. The van der Waals surface area contributed by atoms with Gasteiger partial charge in [-0.25, -0.2) is 0 Å². The first-order valence-electron chi connectivity index (χ1n) is 6.91. The van der Waals surface area contributed by atoms with Crippen LogP contribution in [0.5, 0.6) is 0 Å². The van der Waals surface area contributed by atoms with Gasteiger partial charge in [0.15, 0.2) is 5.69 Å². The maximum atomic E-state index is 12.3. The van der Waals surface area contributed by atoms with Gasteiger partial charge in [0.25, 0.3) is 5.91 Å². The van der Waals surface area contributed by atoms with E-state index >= 15 is 0 Å². The molecule has 1 amide bonds. The van der Waals surface area contributed by atoms with Crippen molar-refractivity contribution >= 4 is 11.6 Å². The van der Waals surface area contributed by atoms with Crippen LogP contribution in [0.3, 0.4) is 0 Å². The number of rotatable bonds is 3. The number of aromatic amines is 1. The van der Waals surface area contributed by atoms with Crippen molar-refractivity contribution in [1.29, 1.82) is 0 Å². The molecular weight excluding hydrogens is 240 g/mol. The molecule has 2 aliphatic carbocycles. The molecule has 19 heavy (non-hydrogen) atoms. The van der Waals surface area contributed by atoms with Crippen LogP contribution in [-0.4, -0.2) is 22.1 Å². The van der Waals surface area contributed by atoms with Gasteiger partial charge in [0.05, 0.1) is 11.4 Å². The van der Waals surface area contributed by atoms with Crippen molar-refractivity contribution in [3.05, 3.63) is 11.4 Å². The van der Waals surface area contributed by atoms with E-state index in [2.05, 4.69) is 43.2 Å². The summed E-state index contributed by atoms with van der Waals surface area (Å²) in [4.78, 5) is 12.3. The largest absolute Gasteiger partial charge is 0.395 e. The van der Waals surface area contributed by atoms with Crippen LogP contribution in [0.4, 0.5) is 5.69 Å². The van der Waals surface area contributed by atoms with E-state index in [0.29, 0.717) is 17.3 Å². The van der Waals surface area contributed by atoms with Crippen molar-refractivity contribution in [3.63, 3.8) is 0 Å². The van der Waals surface area contributed by atoms with Crippen molar-refractivity contribution in [3.8, 4) is 0 Å². The van der Waals surface area contributed by atoms with Crippen molar-refractivity contribution in [1.82, 2.24) is 15.5 Å². The molecule has 104 valence electrons. The SMILES string of the molecule is CC1(C)C(NC(=O)c2n[nH]c(C3CC3)c2N)C1(C)C. The molecule has 1 aromatic rings. The van der Waals surface area contributed by atoms with Gasteiger partial charge in [-0.3, -0.25) is 9.89 Å².